The highest BCUT2D eigenvalue weighted by molar-refractivity contribution is 7.09. The molecule has 1 aromatic heterocycles. The van der Waals surface area contributed by atoms with Gasteiger partial charge >= 0.3 is 0 Å². The van der Waals surface area contributed by atoms with Gasteiger partial charge in [0.05, 0.1) is 16.3 Å². The monoisotopic (exact) mass is 309 g/mol. The van der Waals surface area contributed by atoms with Gasteiger partial charge in [0.1, 0.15) is 0 Å². The van der Waals surface area contributed by atoms with Crippen LogP contribution in [0.4, 0.5) is 0 Å². The molecule has 5 heteroatoms. The zero-order chi connectivity index (χ0) is 14.7. The first-order valence-corrected chi connectivity index (χ1v) is 9.09. The average Bonchev–Trinajstić information content (AvgIpc) is 2.87. The smallest absolute Gasteiger partial charge is 0.0897 e. The lowest BCUT2D eigenvalue weighted by Crippen LogP contribution is -2.52. The Balaban J connectivity index is 1.44. The Morgan fingerprint density at radius 3 is 2.43 bits per heavy atom. The molecule has 2 heterocycles. The summed E-state index contributed by atoms with van der Waals surface area (Å²) in [4.78, 5) is 9.49. The van der Waals surface area contributed by atoms with E-state index in [0.717, 1.165) is 57.1 Å². The molecular weight excluding hydrogens is 282 g/mol. The van der Waals surface area contributed by atoms with Crippen molar-refractivity contribution < 1.29 is 5.11 Å². The van der Waals surface area contributed by atoms with Crippen LogP contribution in [0.15, 0.2) is 5.38 Å². The number of β-amino-alcohol motifs (C(OH)–C–C–N with tert-alkyl or cyclic N) is 1. The van der Waals surface area contributed by atoms with Gasteiger partial charge in [0.15, 0.2) is 0 Å². The summed E-state index contributed by atoms with van der Waals surface area (Å²) < 4.78 is 0. The minimum Gasteiger partial charge on any atom is -0.389 e. The van der Waals surface area contributed by atoms with Crippen LogP contribution in [0.2, 0.25) is 0 Å². The van der Waals surface area contributed by atoms with Crippen LogP contribution in [0, 0.1) is 6.92 Å². The zero-order valence-corrected chi connectivity index (χ0v) is 13.9. The van der Waals surface area contributed by atoms with E-state index in [1.54, 1.807) is 11.3 Å². The standard InChI is InChI=1S/C16H27N3OS/c1-14-17-15(12-21-14)11-18-7-9-19(10-8-18)13-16(20)5-3-2-4-6-16/h12,20H,2-11,13H2,1H3. The number of hydrogen-bond donors (Lipinski definition) is 1. The largest absolute Gasteiger partial charge is 0.389 e. The molecule has 1 aromatic rings. The minimum atomic E-state index is -0.410. The number of piperazine rings is 1. The number of aromatic nitrogens is 1. The van der Waals surface area contributed by atoms with Crippen LogP contribution in [0.3, 0.4) is 0 Å². The molecule has 2 aliphatic rings. The van der Waals surface area contributed by atoms with Crippen LogP contribution in [0.1, 0.15) is 42.8 Å². The average molecular weight is 309 g/mol. The van der Waals surface area contributed by atoms with Gasteiger partial charge in [-0.3, -0.25) is 9.80 Å². The summed E-state index contributed by atoms with van der Waals surface area (Å²) in [5, 5.41) is 14.0. The number of nitrogens with zero attached hydrogens (tertiary/aromatic N) is 3. The normalized spacial score (nSPS) is 24.3. The van der Waals surface area contributed by atoms with E-state index in [1.165, 1.54) is 25.0 Å². The van der Waals surface area contributed by atoms with Crippen molar-refractivity contribution in [2.45, 2.75) is 51.2 Å². The molecule has 1 saturated carbocycles. The van der Waals surface area contributed by atoms with Gasteiger partial charge < -0.3 is 5.11 Å². The molecule has 0 bridgehead atoms. The predicted molar refractivity (Wildman–Crippen MR) is 86.6 cm³/mol. The van der Waals surface area contributed by atoms with Gasteiger partial charge in [-0.2, -0.15) is 0 Å². The van der Waals surface area contributed by atoms with Crippen molar-refractivity contribution in [1.82, 2.24) is 14.8 Å². The summed E-state index contributed by atoms with van der Waals surface area (Å²) in [5.74, 6) is 0. The van der Waals surface area contributed by atoms with E-state index in [0.29, 0.717) is 0 Å². The molecule has 1 aliphatic heterocycles. The highest BCUT2D eigenvalue weighted by atomic mass is 32.1. The van der Waals surface area contributed by atoms with Crippen LogP contribution >= 0.6 is 11.3 Å². The molecule has 0 atom stereocenters. The third kappa shape index (κ3) is 4.25. The molecule has 1 N–H and O–H groups in total. The van der Waals surface area contributed by atoms with Crippen LogP contribution in [-0.2, 0) is 6.54 Å². The van der Waals surface area contributed by atoms with Gasteiger partial charge in [0.2, 0.25) is 0 Å². The first-order chi connectivity index (χ1) is 10.1. The first-order valence-electron chi connectivity index (χ1n) is 8.21. The molecule has 0 amide bonds. The fraction of sp³-hybridized carbons (Fsp3) is 0.812. The van der Waals surface area contributed by atoms with Crippen molar-refractivity contribution in [2.75, 3.05) is 32.7 Å². The highest BCUT2D eigenvalue weighted by Gasteiger charge is 2.32. The molecule has 0 spiro atoms. The number of aryl methyl sites for hydroxylation is 1. The molecule has 1 saturated heterocycles. The van der Waals surface area contributed by atoms with Crippen LogP contribution in [-0.4, -0.2) is 58.2 Å². The molecule has 0 aromatic carbocycles. The van der Waals surface area contributed by atoms with E-state index in [-0.39, 0.29) is 0 Å². The summed E-state index contributed by atoms with van der Waals surface area (Å²) in [6, 6.07) is 0. The topological polar surface area (TPSA) is 39.6 Å². The van der Waals surface area contributed by atoms with Gasteiger partial charge in [0, 0.05) is 44.6 Å². The maximum absolute atomic E-state index is 10.7. The van der Waals surface area contributed by atoms with Crippen LogP contribution < -0.4 is 0 Å². The Morgan fingerprint density at radius 2 is 1.81 bits per heavy atom. The summed E-state index contributed by atoms with van der Waals surface area (Å²) >= 11 is 1.74. The number of aliphatic hydroxyl groups is 1. The Kier molecular flexibility index (Phi) is 4.94. The molecular formula is C16H27N3OS. The Hall–Kier alpha value is -0.490. The lowest BCUT2D eigenvalue weighted by atomic mass is 9.84. The number of rotatable bonds is 4. The molecule has 0 unspecified atom stereocenters. The molecule has 1 aliphatic carbocycles. The second kappa shape index (κ2) is 6.73. The van der Waals surface area contributed by atoms with Crippen molar-refractivity contribution >= 4 is 11.3 Å². The third-order valence-corrected chi connectivity index (χ3v) is 5.64. The Morgan fingerprint density at radius 1 is 1.14 bits per heavy atom. The van der Waals surface area contributed by atoms with Crippen molar-refractivity contribution in [3.05, 3.63) is 16.1 Å². The summed E-state index contributed by atoms with van der Waals surface area (Å²) in [6.07, 6.45) is 5.67. The van der Waals surface area contributed by atoms with Crippen molar-refractivity contribution in [3.8, 4) is 0 Å². The lowest BCUT2D eigenvalue weighted by molar-refractivity contribution is -0.0360. The number of hydrogen-bond acceptors (Lipinski definition) is 5. The number of thiazole rings is 1. The van der Waals surface area contributed by atoms with E-state index >= 15 is 0 Å². The quantitative estimate of drug-likeness (QED) is 0.926. The SMILES string of the molecule is Cc1nc(CN2CCN(CC3(O)CCCCC3)CC2)cs1. The highest BCUT2D eigenvalue weighted by Crippen LogP contribution is 2.29. The molecule has 3 rings (SSSR count). The van der Waals surface area contributed by atoms with Gasteiger partial charge in [-0.1, -0.05) is 19.3 Å². The zero-order valence-electron chi connectivity index (χ0n) is 13.1. The van der Waals surface area contributed by atoms with E-state index < -0.39 is 5.60 Å². The maximum Gasteiger partial charge on any atom is 0.0897 e. The molecule has 2 fully saturated rings. The second-order valence-corrected chi connectivity index (χ2v) is 7.76. The molecule has 4 nitrogen and oxygen atoms in total. The van der Waals surface area contributed by atoms with Gasteiger partial charge in [-0.15, -0.1) is 11.3 Å². The van der Waals surface area contributed by atoms with Crippen molar-refractivity contribution in [1.29, 1.82) is 0 Å². The van der Waals surface area contributed by atoms with Crippen LogP contribution in [0.5, 0.6) is 0 Å². The summed E-state index contributed by atoms with van der Waals surface area (Å²) in [7, 11) is 0. The van der Waals surface area contributed by atoms with Gasteiger partial charge in [-0.05, 0) is 19.8 Å². The van der Waals surface area contributed by atoms with Gasteiger partial charge in [0.25, 0.3) is 0 Å². The van der Waals surface area contributed by atoms with E-state index in [9.17, 15) is 5.11 Å². The summed E-state index contributed by atoms with van der Waals surface area (Å²) in [6.45, 7) is 8.24. The van der Waals surface area contributed by atoms with Crippen molar-refractivity contribution in [3.63, 3.8) is 0 Å². The first kappa shape index (κ1) is 15.4. The van der Waals surface area contributed by atoms with Gasteiger partial charge in [-0.25, -0.2) is 4.98 Å². The Bertz CT molecular complexity index is 448. The van der Waals surface area contributed by atoms with Crippen LogP contribution in [0.25, 0.3) is 0 Å². The lowest BCUT2D eigenvalue weighted by Gasteiger charge is -2.40. The predicted octanol–water partition coefficient (Wildman–Crippen LogP) is 2.26. The Labute approximate surface area is 131 Å². The van der Waals surface area contributed by atoms with E-state index in [1.807, 2.05) is 0 Å². The molecule has 0 radical (unpaired) electrons. The fourth-order valence-electron chi connectivity index (χ4n) is 3.60. The van der Waals surface area contributed by atoms with E-state index in [4.69, 9.17) is 0 Å². The minimum absolute atomic E-state index is 0.410. The molecule has 21 heavy (non-hydrogen) atoms. The maximum atomic E-state index is 10.7. The van der Waals surface area contributed by atoms with E-state index in [2.05, 4.69) is 27.1 Å². The summed E-state index contributed by atoms with van der Waals surface area (Å²) in [5.41, 5.74) is 0.795. The van der Waals surface area contributed by atoms with Crippen molar-refractivity contribution in [2.24, 2.45) is 0 Å². The molecule has 118 valence electrons. The second-order valence-electron chi connectivity index (χ2n) is 6.70. The fourth-order valence-corrected chi connectivity index (χ4v) is 4.20. The third-order valence-electron chi connectivity index (χ3n) is 4.82.